The third kappa shape index (κ3) is 3.62. The molecule has 2 aromatic carbocycles. The van der Waals surface area contributed by atoms with Crippen LogP contribution in [0.2, 0.25) is 0 Å². The highest BCUT2D eigenvalue weighted by molar-refractivity contribution is 5.85. The summed E-state index contributed by atoms with van der Waals surface area (Å²) in [6.07, 6.45) is 3.44. The standard InChI is InChI=1S/C22H21N5O3/c1-28-18-9-15(10-19(29-2)20(18)30-3)26-22-25-12-16(21(23)27-22)14-8-13-6-4-5-7-17(13)24-11-14/h4-12H,1-3H3,(H3,23,25,26,27). The summed E-state index contributed by atoms with van der Waals surface area (Å²) < 4.78 is 16.1. The first kappa shape index (κ1) is 19.3. The van der Waals surface area contributed by atoms with E-state index in [2.05, 4.69) is 20.3 Å². The Bertz CT molecular complexity index is 1190. The van der Waals surface area contributed by atoms with E-state index in [-0.39, 0.29) is 0 Å². The van der Waals surface area contributed by atoms with Gasteiger partial charge in [-0.05, 0) is 12.1 Å². The Hall–Kier alpha value is -4.07. The number of rotatable bonds is 6. The Labute approximate surface area is 173 Å². The number of hydrogen-bond donors (Lipinski definition) is 2. The zero-order valence-corrected chi connectivity index (χ0v) is 16.8. The third-order valence-electron chi connectivity index (χ3n) is 4.64. The minimum absolute atomic E-state index is 0.344. The van der Waals surface area contributed by atoms with Gasteiger partial charge in [0.15, 0.2) is 11.5 Å². The second-order valence-electron chi connectivity index (χ2n) is 6.45. The van der Waals surface area contributed by atoms with Crippen LogP contribution >= 0.6 is 0 Å². The Morgan fingerprint density at radius 3 is 2.27 bits per heavy atom. The first-order valence-electron chi connectivity index (χ1n) is 9.17. The van der Waals surface area contributed by atoms with Gasteiger partial charge in [-0.3, -0.25) is 4.98 Å². The summed E-state index contributed by atoms with van der Waals surface area (Å²) in [5.74, 6) is 2.23. The van der Waals surface area contributed by atoms with Gasteiger partial charge in [0.25, 0.3) is 0 Å². The lowest BCUT2D eigenvalue weighted by Gasteiger charge is -2.15. The third-order valence-corrected chi connectivity index (χ3v) is 4.64. The van der Waals surface area contributed by atoms with Crippen molar-refractivity contribution in [3.63, 3.8) is 0 Å². The van der Waals surface area contributed by atoms with Gasteiger partial charge in [0.05, 0.1) is 26.8 Å². The summed E-state index contributed by atoms with van der Waals surface area (Å²) in [5.41, 5.74) is 9.37. The Morgan fingerprint density at radius 1 is 0.867 bits per heavy atom. The van der Waals surface area contributed by atoms with Crippen LogP contribution in [0.4, 0.5) is 17.5 Å². The van der Waals surface area contributed by atoms with Crippen LogP contribution in [0.15, 0.2) is 54.9 Å². The normalized spacial score (nSPS) is 10.6. The van der Waals surface area contributed by atoms with Crippen molar-refractivity contribution in [3.8, 4) is 28.4 Å². The Morgan fingerprint density at radius 2 is 1.60 bits per heavy atom. The molecule has 0 saturated heterocycles. The van der Waals surface area contributed by atoms with Crippen LogP contribution in [0.5, 0.6) is 17.2 Å². The molecule has 2 aromatic heterocycles. The van der Waals surface area contributed by atoms with E-state index < -0.39 is 0 Å². The molecule has 4 aromatic rings. The van der Waals surface area contributed by atoms with Crippen molar-refractivity contribution in [1.82, 2.24) is 15.0 Å². The van der Waals surface area contributed by atoms with Crippen LogP contribution in [0.3, 0.4) is 0 Å². The number of nitrogens with zero attached hydrogens (tertiary/aromatic N) is 3. The van der Waals surface area contributed by atoms with Crippen molar-refractivity contribution in [2.24, 2.45) is 0 Å². The maximum atomic E-state index is 6.22. The van der Waals surface area contributed by atoms with E-state index in [9.17, 15) is 0 Å². The van der Waals surface area contributed by atoms with Gasteiger partial charge in [-0.25, -0.2) is 4.98 Å². The molecule has 0 fully saturated rings. The quantitative estimate of drug-likeness (QED) is 0.497. The zero-order valence-electron chi connectivity index (χ0n) is 16.8. The molecule has 0 aliphatic heterocycles. The van der Waals surface area contributed by atoms with E-state index in [0.717, 1.165) is 16.5 Å². The van der Waals surface area contributed by atoms with Crippen LogP contribution in [0.25, 0.3) is 22.0 Å². The van der Waals surface area contributed by atoms with Crippen molar-refractivity contribution in [2.75, 3.05) is 32.4 Å². The van der Waals surface area contributed by atoms with Crippen LogP contribution in [-0.2, 0) is 0 Å². The number of para-hydroxylation sites is 1. The first-order chi connectivity index (χ1) is 14.6. The van der Waals surface area contributed by atoms with Gasteiger partial charge in [0, 0.05) is 46.7 Å². The highest BCUT2D eigenvalue weighted by Gasteiger charge is 2.14. The van der Waals surface area contributed by atoms with Gasteiger partial charge >= 0.3 is 0 Å². The molecule has 0 bridgehead atoms. The fourth-order valence-corrected chi connectivity index (χ4v) is 3.18. The maximum absolute atomic E-state index is 6.22. The molecule has 8 nitrogen and oxygen atoms in total. The number of anilines is 3. The molecule has 8 heteroatoms. The molecule has 4 rings (SSSR count). The van der Waals surface area contributed by atoms with Gasteiger partial charge in [-0.1, -0.05) is 18.2 Å². The lowest BCUT2D eigenvalue weighted by molar-refractivity contribution is 0.324. The van der Waals surface area contributed by atoms with Crippen molar-refractivity contribution in [1.29, 1.82) is 0 Å². The first-order valence-corrected chi connectivity index (χ1v) is 9.17. The molecular weight excluding hydrogens is 382 g/mol. The monoisotopic (exact) mass is 403 g/mol. The molecule has 0 spiro atoms. The van der Waals surface area contributed by atoms with Crippen LogP contribution < -0.4 is 25.3 Å². The van der Waals surface area contributed by atoms with Gasteiger partial charge in [-0.2, -0.15) is 4.98 Å². The number of pyridine rings is 1. The van der Waals surface area contributed by atoms with Gasteiger partial charge in [-0.15, -0.1) is 0 Å². The molecule has 152 valence electrons. The number of methoxy groups -OCH3 is 3. The number of nitrogen functional groups attached to an aromatic ring is 1. The summed E-state index contributed by atoms with van der Waals surface area (Å²) in [4.78, 5) is 13.3. The van der Waals surface area contributed by atoms with E-state index in [1.165, 1.54) is 0 Å². The van der Waals surface area contributed by atoms with Crippen LogP contribution in [-0.4, -0.2) is 36.3 Å². The number of ether oxygens (including phenoxy) is 3. The SMILES string of the molecule is COc1cc(Nc2ncc(-c3cnc4ccccc4c3)c(N)n2)cc(OC)c1OC. The summed E-state index contributed by atoms with van der Waals surface area (Å²) in [7, 11) is 4.67. The van der Waals surface area contributed by atoms with Crippen molar-refractivity contribution in [3.05, 3.63) is 54.9 Å². The van der Waals surface area contributed by atoms with Crippen LogP contribution in [0, 0.1) is 0 Å². The van der Waals surface area contributed by atoms with E-state index in [1.54, 1.807) is 45.9 Å². The van der Waals surface area contributed by atoms with E-state index in [0.29, 0.717) is 40.3 Å². The number of nitrogens with one attached hydrogen (secondary N) is 1. The second kappa shape index (κ2) is 8.12. The number of benzene rings is 2. The smallest absolute Gasteiger partial charge is 0.229 e. The summed E-state index contributed by atoms with van der Waals surface area (Å²) in [6, 6.07) is 13.4. The number of nitrogens with two attached hydrogens (primary N) is 1. The summed E-state index contributed by atoms with van der Waals surface area (Å²) in [5, 5.41) is 4.14. The minimum Gasteiger partial charge on any atom is -0.493 e. The topological polar surface area (TPSA) is 104 Å². The number of fused-ring (bicyclic) bond motifs is 1. The average Bonchev–Trinajstić information content (AvgIpc) is 2.78. The molecule has 0 aliphatic carbocycles. The molecule has 0 aliphatic rings. The fourth-order valence-electron chi connectivity index (χ4n) is 3.18. The molecule has 0 radical (unpaired) electrons. The van der Waals surface area contributed by atoms with Crippen molar-refractivity contribution < 1.29 is 14.2 Å². The molecule has 0 atom stereocenters. The van der Waals surface area contributed by atoms with Gasteiger partial charge in [0.2, 0.25) is 11.7 Å². The summed E-state index contributed by atoms with van der Waals surface area (Å²) in [6.45, 7) is 0. The molecular formula is C22H21N5O3. The van der Waals surface area contributed by atoms with Crippen LogP contribution in [0.1, 0.15) is 0 Å². The Balaban J connectivity index is 1.65. The van der Waals surface area contributed by atoms with E-state index in [4.69, 9.17) is 19.9 Å². The van der Waals surface area contributed by atoms with Gasteiger partial charge in [0.1, 0.15) is 5.82 Å². The van der Waals surface area contributed by atoms with E-state index >= 15 is 0 Å². The predicted octanol–water partition coefficient (Wildman–Crippen LogP) is 4.04. The maximum Gasteiger partial charge on any atom is 0.229 e. The molecule has 0 saturated carbocycles. The second-order valence-corrected chi connectivity index (χ2v) is 6.45. The largest absolute Gasteiger partial charge is 0.493 e. The van der Waals surface area contributed by atoms with Crippen molar-refractivity contribution in [2.45, 2.75) is 0 Å². The average molecular weight is 403 g/mol. The highest BCUT2D eigenvalue weighted by atomic mass is 16.5. The molecule has 3 N–H and O–H groups in total. The van der Waals surface area contributed by atoms with E-state index in [1.807, 2.05) is 30.3 Å². The molecule has 0 unspecified atom stereocenters. The lowest BCUT2D eigenvalue weighted by atomic mass is 10.1. The van der Waals surface area contributed by atoms with Gasteiger partial charge < -0.3 is 25.3 Å². The molecule has 0 amide bonds. The minimum atomic E-state index is 0.344. The molecule has 30 heavy (non-hydrogen) atoms. The number of hydrogen-bond acceptors (Lipinski definition) is 8. The molecule has 2 heterocycles. The predicted molar refractivity (Wildman–Crippen MR) is 117 cm³/mol. The summed E-state index contributed by atoms with van der Waals surface area (Å²) >= 11 is 0. The van der Waals surface area contributed by atoms with Crippen molar-refractivity contribution >= 4 is 28.4 Å². The zero-order chi connectivity index (χ0) is 21.1. The Kier molecular flexibility index (Phi) is 5.21. The highest BCUT2D eigenvalue weighted by Crippen LogP contribution is 2.40. The lowest BCUT2D eigenvalue weighted by Crippen LogP contribution is -2.03. The number of aromatic nitrogens is 3. The fraction of sp³-hybridized carbons (Fsp3) is 0.136.